The van der Waals surface area contributed by atoms with Gasteiger partial charge in [0, 0.05) is 6.07 Å². The monoisotopic (exact) mass is 205 g/mol. The Morgan fingerprint density at radius 2 is 2.20 bits per heavy atom. The van der Waals surface area contributed by atoms with E-state index >= 15 is 0 Å². The summed E-state index contributed by atoms with van der Waals surface area (Å²) in [5.41, 5.74) is 5.49. The molecular formula is C8H7N5O2. The molecule has 7 heteroatoms. The molecule has 15 heavy (non-hydrogen) atoms. The molecule has 3 N–H and O–H groups in total. The van der Waals surface area contributed by atoms with Crippen molar-refractivity contribution in [2.24, 2.45) is 0 Å². The zero-order valence-corrected chi connectivity index (χ0v) is 7.54. The molecule has 0 atom stereocenters. The maximum atomic E-state index is 11.5. The van der Waals surface area contributed by atoms with Crippen molar-refractivity contribution >= 4 is 17.5 Å². The van der Waals surface area contributed by atoms with Crippen molar-refractivity contribution in [2.75, 3.05) is 11.1 Å². The summed E-state index contributed by atoms with van der Waals surface area (Å²) in [4.78, 5) is 11.5. The molecule has 2 heterocycles. The molecule has 1 amide bonds. The topological polar surface area (TPSA) is 107 Å². The van der Waals surface area contributed by atoms with E-state index in [1.54, 1.807) is 0 Å². The van der Waals surface area contributed by atoms with Gasteiger partial charge in [0.15, 0.2) is 11.5 Å². The zero-order chi connectivity index (χ0) is 10.7. The van der Waals surface area contributed by atoms with E-state index in [9.17, 15) is 4.79 Å². The van der Waals surface area contributed by atoms with Crippen molar-refractivity contribution in [1.82, 2.24) is 15.4 Å². The maximum absolute atomic E-state index is 11.5. The predicted molar refractivity (Wildman–Crippen MR) is 50.9 cm³/mol. The maximum Gasteiger partial charge on any atom is 0.277 e. The summed E-state index contributed by atoms with van der Waals surface area (Å²) in [6.07, 6.45) is 1.35. The standard InChI is InChI=1S/C8H7N5O2/c9-6-2-1-5(11-12-6)8(14)10-7-3-4-15-13-7/h1-4H,(H2,9,12)(H,10,13,14). The molecule has 0 saturated carbocycles. The molecule has 0 saturated heterocycles. The lowest BCUT2D eigenvalue weighted by molar-refractivity contribution is 0.102. The molecule has 2 aromatic rings. The van der Waals surface area contributed by atoms with Crippen LogP contribution >= 0.6 is 0 Å². The van der Waals surface area contributed by atoms with E-state index in [-0.39, 0.29) is 11.5 Å². The summed E-state index contributed by atoms with van der Waals surface area (Å²) in [6, 6.07) is 4.48. The molecule has 0 bridgehead atoms. The van der Waals surface area contributed by atoms with Crippen LogP contribution in [0.1, 0.15) is 10.5 Å². The largest absolute Gasteiger partial charge is 0.382 e. The normalized spacial score (nSPS) is 9.87. The van der Waals surface area contributed by atoms with Gasteiger partial charge in [-0.15, -0.1) is 10.2 Å². The van der Waals surface area contributed by atoms with Crippen LogP contribution in [0.15, 0.2) is 29.0 Å². The van der Waals surface area contributed by atoms with Crippen molar-refractivity contribution in [3.05, 3.63) is 30.2 Å². The highest BCUT2D eigenvalue weighted by atomic mass is 16.5. The number of hydrogen-bond acceptors (Lipinski definition) is 6. The highest BCUT2D eigenvalue weighted by molar-refractivity contribution is 6.02. The van der Waals surface area contributed by atoms with Gasteiger partial charge in [-0.25, -0.2) is 0 Å². The first kappa shape index (κ1) is 9.13. The van der Waals surface area contributed by atoms with Crippen LogP contribution in [0.4, 0.5) is 11.6 Å². The summed E-state index contributed by atoms with van der Waals surface area (Å²) in [6.45, 7) is 0. The predicted octanol–water partition coefficient (Wildman–Crippen LogP) is 0.299. The summed E-state index contributed by atoms with van der Waals surface area (Å²) in [5.74, 6) is 0.156. The van der Waals surface area contributed by atoms with Crippen molar-refractivity contribution in [3.63, 3.8) is 0 Å². The van der Waals surface area contributed by atoms with E-state index in [4.69, 9.17) is 5.73 Å². The Kier molecular flexibility index (Phi) is 2.28. The van der Waals surface area contributed by atoms with Crippen LogP contribution in [0.5, 0.6) is 0 Å². The molecule has 2 rings (SSSR count). The van der Waals surface area contributed by atoms with Gasteiger partial charge in [-0.3, -0.25) is 4.79 Å². The first-order chi connectivity index (χ1) is 7.25. The lowest BCUT2D eigenvalue weighted by Crippen LogP contribution is -2.14. The Hall–Kier alpha value is -2.44. The fourth-order valence-electron chi connectivity index (χ4n) is 0.921. The molecule has 0 aliphatic heterocycles. The molecule has 0 aromatic carbocycles. The third-order valence-electron chi connectivity index (χ3n) is 1.60. The molecule has 2 aromatic heterocycles. The number of nitrogens with two attached hydrogens (primary N) is 1. The van der Waals surface area contributed by atoms with Crippen molar-refractivity contribution in [2.45, 2.75) is 0 Å². The Morgan fingerprint density at radius 1 is 1.33 bits per heavy atom. The fraction of sp³-hybridized carbons (Fsp3) is 0. The van der Waals surface area contributed by atoms with Crippen LogP contribution in [0.25, 0.3) is 0 Å². The fourth-order valence-corrected chi connectivity index (χ4v) is 0.921. The zero-order valence-electron chi connectivity index (χ0n) is 7.54. The molecule has 0 fully saturated rings. The summed E-state index contributed by atoms with van der Waals surface area (Å²) in [7, 11) is 0. The number of amides is 1. The molecule has 0 radical (unpaired) electrons. The number of rotatable bonds is 2. The quantitative estimate of drug-likeness (QED) is 0.730. The second-order valence-corrected chi connectivity index (χ2v) is 2.68. The minimum Gasteiger partial charge on any atom is -0.382 e. The molecule has 0 aliphatic rings. The van der Waals surface area contributed by atoms with E-state index in [2.05, 4.69) is 25.2 Å². The van der Waals surface area contributed by atoms with Gasteiger partial charge < -0.3 is 15.6 Å². The van der Waals surface area contributed by atoms with Crippen molar-refractivity contribution < 1.29 is 9.32 Å². The molecule has 7 nitrogen and oxygen atoms in total. The Bertz CT molecular complexity index is 450. The van der Waals surface area contributed by atoms with Gasteiger partial charge in [-0.2, -0.15) is 0 Å². The number of anilines is 2. The van der Waals surface area contributed by atoms with Gasteiger partial charge in [0.1, 0.15) is 12.1 Å². The number of carbonyl (C=O) groups excluding carboxylic acids is 1. The number of aromatic nitrogens is 3. The summed E-state index contributed by atoms with van der Waals surface area (Å²) < 4.78 is 4.55. The van der Waals surface area contributed by atoms with Gasteiger partial charge >= 0.3 is 0 Å². The first-order valence-electron chi connectivity index (χ1n) is 4.06. The van der Waals surface area contributed by atoms with Crippen LogP contribution in [0, 0.1) is 0 Å². The van der Waals surface area contributed by atoms with E-state index in [1.807, 2.05) is 0 Å². The van der Waals surface area contributed by atoms with Gasteiger partial charge in [0.2, 0.25) is 0 Å². The highest BCUT2D eigenvalue weighted by Gasteiger charge is 2.09. The molecule has 0 unspecified atom stereocenters. The third kappa shape index (κ3) is 2.08. The third-order valence-corrected chi connectivity index (χ3v) is 1.60. The van der Waals surface area contributed by atoms with Gasteiger partial charge in [-0.1, -0.05) is 5.16 Å². The minimum atomic E-state index is -0.420. The van der Waals surface area contributed by atoms with Crippen LogP contribution in [-0.4, -0.2) is 21.3 Å². The Morgan fingerprint density at radius 3 is 2.80 bits per heavy atom. The minimum absolute atomic E-state index is 0.159. The summed E-state index contributed by atoms with van der Waals surface area (Å²) >= 11 is 0. The van der Waals surface area contributed by atoms with E-state index in [1.165, 1.54) is 24.5 Å². The second-order valence-electron chi connectivity index (χ2n) is 2.68. The van der Waals surface area contributed by atoms with Crippen molar-refractivity contribution in [1.29, 1.82) is 0 Å². The van der Waals surface area contributed by atoms with Crippen LogP contribution in [-0.2, 0) is 0 Å². The SMILES string of the molecule is Nc1ccc(C(=O)Nc2ccon2)nn1. The average Bonchev–Trinajstić information content (AvgIpc) is 2.71. The number of nitrogen functional groups attached to an aromatic ring is 1. The lowest BCUT2D eigenvalue weighted by Gasteiger charge is -1.99. The molecule has 0 spiro atoms. The van der Waals surface area contributed by atoms with Crippen molar-refractivity contribution in [3.8, 4) is 0 Å². The smallest absolute Gasteiger partial charge is 0.277 e. The Labute approximate surface area is 84.3 Å². The lowest BCUT2D eigenvalue weighted by atomic mass is 10.3. The molecule has 76 valence electrons. The number of nitrogens with one attached hydrogen (secondary N) is 1. The molecule has 0 aliphatic carbocycles. The number of hydrogen-bond donors (Lipinski definition) is 2. The number of carbonyl (C=O) groups is 1. The Balaban J connectivity index is 2.11. The van der Waals surface area contributed by atoms with Gasteiger partial charge in [-0.05, 0) is 12.1 Å². The van der Waals surface area contributed by atoms with Crippen LogP contribution < -0.4 is 11.1 Å². The van der Waals surface area contributed by atoms with Crippen LogP contribution in [0.2, 0.25) is 0 Å². The van der Waals surface area contributed by atoms with Crippen LogP contribution in [0.3, 0.4) is 0 Å². The summed E-state index contributed by atoms with van der Waals surface area (Å²) in [5, 5.41) is 13.2. The average molecular weight is 205 g/mol. The van der Waals surface area contributed by atoms with Gasteiger partial charge in [0.05, 0.1) is 0 Å². The van der Waals surface area contributed by atoms with E-state index in [0.717, 1.165) is 0 Å². The molecular weight excluding hydrogens is 198 g/mol. The second kappa shape index (κ2) is 3.74. The van der Waals surface area contributed by atoms with E-state index in [0.29, 0.717) is 5.82 Å². The number of nitrogens with zero attached hydrogens (tertiary/aromatic N) is 3. The van der Waals surface area contributed by atoms with Gasteiger partial charge in [0.25, 0.3) is 5.91 Å². The van der Waals surface area contributed by atoms with E-state index < -0.39 is 5.91 Å². The first-order valence-corrected chi connectivity index (χ1v) is 4.06. The highest BCUT2D eigenvalue weighted by Crippen LogP contribution is 2.04.